The van der Waals surface area contributed by atoms with Crippen LogP contribution >= 0.6 is 0 Å². The van der Waals surface area contributed by atoms with E-state index in [1.165, 1.54) is 31.4 Å². The van der Waals surface area contributed by atoms with Gasteiger partial charge in [-0.1, -0.05) is 34.6 Å². The van der Waals surface area contributed by atoms with Crippen LogP contribution in [0.4, 0.5) is 0 Å². The highest BCUT2D eigenvalue weighted by Crippen LogP contribution is 2.50. The molecule has 21 heavy (non-hydrogen) atoms. The minimum Gasteiger partial charge on any atom is -0.331 e. The van der Waals surface area contributed by atoms with Crippen LogP contribution in [0.2, 0.25) is 0 Å². The Balaban J connectivity index is 1.92. The molecular formula is C18H31N3. The Kier molecular flexibility index (Phi) is 3.47. The monoisotopic (exact) mass is 289 g/mol. The molecule has 1 atom stereocenters. The van der Waals surface area contributed by atoms with Crippen molar-refractivity contribution in [3.05, 3.63) is 18.2 Å². The van der Waals surface area contributed by atoms with Gasteiger partial charge in [0, 0.05) is 29.9 Å². The molecule has 2 heterocycles. The van der Waals surface area contributed by atoms with Gasteiger partial charge >= 0.3 is 0 Å². The van der Waals surface area contributed by atoms with Crippen LogP contribution in [0, 0.1) is 10.8 Å². The highest BCUT2D eigenvalue weighted by atomic mass is 15.1. The van der Waals surface area contributed by atoms with E-state index in [-0.39, 0.29) is 5.41 Å². The van der Waals surface area contributed by atoms with Gasteiger partial charge in [-0.05, 0) is 43.1 Å². The standard InChI is InChI=1S/C18H31N3/c1-16(2)8-14(9-17(3,4)11-16)21-13-20-10-15(21)18(5)6-7-19-12-18/h10,13-14,19H,6-9,11-12H2,1-5H3. The molecule has 118 valence electrons. The maximum atomic E-state index is 4.52. The summed E-state index contributed by atoms with van der Waals surface area (Å²) in [6.07, 6.45) is 9.27. The van der Waals surface area contributed by atoms with Crippen LogP contribution in [0.15, 0.2) is 12.5 Å². The van der Waals surface area contributed by atoms with Gasteiger partial charge in [0.05, 0.1) is 6.33 Å². The zero-order valence-corrected chi connectivity index (χ0v) is 14.4. The lowest BCUT2D eigenvalue weighted by molar-refractivity contribution is 0.0700. The Bertz CT molecular complexity index is 490. The summed E-state index contributed by atoms with van der Waals surface area (Å²) in [5.74, 6) is 0. The van der Waals surface area contributed by atoms with Crippen molar-refractivity contribution in [3.63, 3.8) is 0 Å². The average Bonchev–Trinajstić information content (AvgIpc) is 2.93. The summed E-state index contributed by atoms with van der Waals surface area (Å²) in [5, 5.41) is 3.52. The van der Waals surface area contributed by atoms with Crippen molar-refractivity contribution in [3.8, 4) is 0 Å². The van der Waals surface area contributed by atoms with Gasteiger partial charge < -0.3 is 9.88 Å². The maximum absolute atomic E-state index is 4.52. The summed E-state index contributed by atoms with van der Waals surface area (Å²) in [6.45, 7) is 14.3. The van der Waals surface area contributed by atoms with Crippen molar-refractivity contribution in [1.82, 2.24) is 14.9 Å². The maximum Gasteiger partial charge on any atom is 0.0950 e. The average molecular weight is 289 g/mol. The largest absolute Gasteiger partial charge is 0.331 e. The van der Waals surface area contributed by atoms with Gasteiger partial charge in [0.1, 0.15) is 0 Å². The SMILES string of the molecule is CC1(C)CC(n2cncc2C2(C)CCNC2)CC(C)(C)C1. The first kappa shape index (κ1) is 15.1. The first-order valence-corrected chi connectivity index (χ1v) is 8.44. The fourth-order valence-electron chi connectivity index (χ4n) is 5.08. The molecule has 1 aliphatic heterocycles. The van der Waals surface area contributed by atoms with Gasteiger partial charge in [0.15, 0.2) is 0 Å². The normalized spacial score (nSPS) is 32.4. The third kappa shape index (κ3) is 2.90. The molecule has 2 fully saturated rings. The molecule has 0 spiro atoms. The predicted molar refractivity (Wildman–Crippen MR) is 87.5 cm³/mol. The third-order valence-corrected chi connectivity index (χ3v) is 5.58. The zero-order valence-electron chi connectivity index (χ0n) is 14.4. The molecule has 1 saturated carbocycles. The number of nitrogens with zero attached hydrogens (tertiary/aromatic N) is 2. The van der Waals surface area contributed by atoms with E-state index in [0.29, 0.717) is 16.9 Å². The fourth-order valence-corrected chi connectivity index (χ4v) is 5.08. The van der Waals surface area contributed by atoms with E-state index in [9.17, 15) is 0 Å². The number of rotatable bonds is 2. The molecule has 0 radical (unpaired) electrons. The molecule has 0 amide bonds. The molecule has 1 aliphatic carbocycles. The minimum atomic E-state index is 0.252. The molecule has 0 aromatic carbocycles. The summed E-state index contributed by atoms with van der Waals surface area (Å²) in [7, 11) is 0. The Morgan fingerprint density at radius 1 is 1.14 bits per heavy atom. The molecule has 3 rings (SSSR count). The van der Waals surface area contributed by atoms with Crippen LogP contribution in [0.1, 0.15) is 72.0 Å². The molecular weight excluding hydrogens is 258 g/mol. The van der Waals surface area contributed by atoms with Gasteiger partial charge in [0.2, 0.25) is 0 Å². The van der Waals surface area contributed by atoms with Crippen molar-refractivity contribution >= 4 is 0 Å². The van der Waals surface area contributed by atoms with Crippen LogP contribution in [-0.2, 0) is 5.41 Å². The highest BCUT2D eigenvalue weighted by Gasteiger charge is 2.41. The van der Waals surface area contributed by atoms with Crippen molar-refractivity contribution in [2.45, 2.75) is 71.8 Å². The third-order valence-electron chi connectivity index (χ3n) is 5.58. The van der Waals surface area contributed by atoms with E-state index in [4.69, 9.17) is 0 Å². The molecule has 1 aromatic rings. The number of aromatic nitrogens is 2. The number of hydrogen-bond acceptors (Lipinski definition) is 2. The summed E-state index contributed by atoms with van der Waals surface area (Å²) >= 11 is 0. The van der Waals surface area contributed by atoms with Gasteiger partial charge in [-0.2, -0.15) is 0 Å². The second-order valence-corrected chi connectivity index (χ2v) is 9.24. The van der Waals surface area contributed by atoms with E-state index in [1.54, 1.807) is 0 Å². The number of hydrogen-bond donors (Lipinski definition) is 1. The fraction of sp³-hybridized carbons (Fsp3) is 0.833. The van der Waals surface area contributed by atoms with Gasteiger partial charge in [-0.3, -0.25) is 0 Å². The van der Waals surface area contributed by atoms with E-state index >= 15 is 0 Å². The highest BCUT2D eigenvalue weighted by molar-refractivity contribution is 5.18. The van der Waals surface area contributed by atoms with Crippen molar-refractivity contribution < 1.29 is 0 Å². The minimum absolute atomic E-state index is 0.252. The van der Waals surface area contributed by atoms with Crippen LogP contribution in [0.5, 0.6) is 0 Å². The van der Waals surface area contributed by atoms with Crippen LogP contribution < -0.4 is 5.32 Å². The van der Waals surface area contributed by atoms with Crippen LogP contribution in [0.3, 0.4) is 0 Å². The van der Waals surface area contributed by atoms with Gasteiger partial charge in [0.25, 0.3) is 0 Å². The lowest BCUT2D eigenvalue weighted by Crippen LogP contribution is -2.37. The number of nitrogens with one attached hydrogen (secondary N) is 1. The lowest BCUT2D eigenvalue weighted by atomic mass is 9.63. The van der Waals surface area contributed by atoms with Gasteiger partial charge in [-0.15, -0.1) is 0 Å². The first-order chi connectivity index (χ1) is 9.71. The Labute approximate surface area is 129 Å². The van der Waals surface area contributed by atoms with Crippen molar-refractivity contribution in [2.24, 2.45) is 10.8 Å². The predicted octanol–water partition coefficient (Wildman–Crippen LogP) is 3.91. The second-order valence-electron chi connectivity index (χ2n) is 9.24. The summed E-state index contributed by atoms with van der Waals surface area (Å²) in [5.41, 5.74) is 2.53. The topological polar surface area (TPSA) is 29.9 Å². The summed E-state index contributed by atoms with van der Waals surface area (Å²) < 4.78 is 2.51. The van der Waals surface area contributed by atoms with E-state index in [2.05, 4.69) is 62.0 Å². The Hall–Kier alpha value is -0.830. The smallest absolute Gasteiger partial charge is 0.0950 e. The molecule has 1 aromatic heterocycles. The Morgan fingerprint density at radius 2 is 1.81 bits per heavy atom. The molecule has 3 heteroatoms. The summed E-state index contributed by atoms with van der Waals surface area (Å²) in [4.78, 5) is 4.52. The molecule has 1 saturated heterocycles. The quantitative estimate of drug-likeness (QED) is 0.894. The van der Waals surface area contributed by atoms with Gasteiger partial charge in [-0.25, -0.2) is 4.98 Å². The van der Waals surface area contributed by atoms with E-state index < -0.39 is 0 Å². The Morgan fingerprint density at radius 3 is 2.38 bits per heavy atom. The molecule has 1 unspecified atom stereocenters. The van der Waals surface area contributed by atoms with Crippen LogP contribution in [-0.4, -0.2) is 22.6 Å². The second kappa shape index (κ2) is 4.84. The molecule has 3 nitrogen and oxygen atoms in total. The number of imidazole rings is 1. The van der Waals surface area contributed by atoms with Crippen LogP contribution in [0.25, 0.3) is 0 Å². The van der Waals surface area contributed by atoms with E-state index in [1.807, 2.05) is 0 Å². The van der Waals surface area contributed by atoms with Crippen molar-refractivity contribution in [1.29, 1.82) is 0 Å². The molecule has 1 N–H and O–H groups in total. The first-order valence-electron chi connectivity index (χ1n) is 8.44. The lowest BCUT2D eigenvalue weighted by Gasteiger charge is -2.46. The molecule has 0 bridgehead atoms. The summed E-state index contributed by atoms with van der Waals surface area (Å²) in [6, 6.07) is 0.596. The van der Waals surface area contributed by atoms with E-state index in [0.717, 1.165) is 13.1 Å². The zero-order chi connectivity index (χ0) is 15.3. The molecule has 2 aliphatic rings. The van der Waals surface area contributed by atoms with Crippen molar-refractivity contribution in [2.75, 3.05) is 13.1 Å².